The Hall–Kier alpha value is -0.870. The van der Waals surface area contributed by atoms with Crippen molar-refractivity contribution in [3.63, 3.8) is 0 Å². The lowest BCUT2D eigenvalue weighted by Gasteiger charge is -2.38. The van der Waals surface area contributed by atoms with Crippen LogP contribution >= 0.6 is 0 Å². The first kappa shape index (κ1) is 31.1. The van der Waals surface area contributed by atoms with Crippen LogP contribution in [0.5, 0.6) is 0 Å². The molecule has 0 saturated carbocycles. The Balaban J connectivity index is 4.29. The van der Waals surface area contributed by atoms with Gasteiger partial charge < -0.3 is 19.1 Å². The van der Waals surface area contributed by atoms with Crippen LogP contribution in [0.25, 0.3) is 0 Å². The molecule has 32 heavy (non-hydrogen) atoms. The van der Waals surface area contributed by atoms with E-state index in [9.17, 15) is 9.90 Å². The second-order valence-corrected chi connectivity index (χ2v) is 10.7. The molecule has 1 unspecified atom stereocenters. The highest BCUT2D eigenvalue weighted by Crippen LogP contribution is 2.23. The van der Waals surface area contributed by atoms with Crippen molar-refractivity contribution in [1.82, 2.24) is 0 Å². The summed E-state index contributed by atoms with van der Waals surface area (Å²) in [7, 11) is 6.25. The molecule has 0 rings (SSSR count). The van der Waals surface area contributed by atoms with Gasteiger partial charge in [0, 0.05) is 19.0 Å². The van der Waals surface area contributed by atoms with Crippen LogP contribution in [-0.2, 0) is 9.53 Å². The van der Waals surface area contributed by atoms with Crippen molar-refractivity contribution >= 4 is 5.97 Å². The van der Waals surface area contributed by atoms with E-state index in [0.29, 0.717) is 17.6 Å². The van der Waals surface area contributed by atoms with Gasteiger partial charge in [-0.3, -0.25) is 0 Å². The normalized spacial score (nSPS) is 14.2. The number of carboxylic acid groups (broad SMARTS) is 1. The lowest BCUT2D eigenvalue weighted by atomic mass is 9.96. The number of likely N-dealkylation sites (N-methyl/N-ethyl adjacent to an activating group) is 1. The van der Waals surface area contributed by atoms with Crippen molar-refractivity contribution < 1.29 is 19.1 Å². The number of ether oxygens (including phenoxy) is 1. The average Bonchev–Trinajstić information content (AvgIpc) is 2.70. The molecule has 0 aliphatic carbocycles. The zero-order valence-electron chi connectivity index (χ0n) is 22.3. The van der Waals surface area contributed by atoms with E-state index in [1.54, 1.807) is 0 Å². The number of nitrogens with zero attached hydrogens (tertiary/aromatic N) is 1. The first-order chi connectivity index (χ1) is 15.2. The Kier molecular flexibility index (Phi) is 19.1. The van der Waals surface area contributed by atoms with Crippen LogP contribution in [0.1, 0.15) is 123 Å². The topological polar surface area (TPSA) is 49.4 Å². The molecule has 190 valence electrons. The number of unbranched alkanes of at least 4 members (excludes halogenated alkanes) is 14. The third-order valence-corrected chi connectivity index (χ3v) is 5.97. The van der Waals surface area contributed by atoms with Crippen molar-refractivity contribution in [2.24, 2.45) is 0 Å². The molecule has 1 atom stereocenters. The largest absolute Gasteiger partial charge is 0.550 e. The molecule has 4 nitrogen and oxygen atoms in total. The molecule has 0 aromatic rings. The van der Waals surface area contributed by atoms with E-state index in [0.717, 1.165) is 32.1 Å². The highest BCUT2D eigenvalue weighted by atomic mass is 16.5. The number of quaternary nitrogens is 1. The number of rotatable bonds is 23. The summed E-state index contributed by atoms with van der Waals surface area (Å²) in [4.78, 5) is 11.5. The quantitative estimate of drug-likeness (QED) is 0.102. The molecule has 0 radical (unpaired) electrons. The molecule has 0 fully saturated rings. The van der Waals surface area contributed by atoms with Crippen molar-refractivity contribution in [1.29, 1.82) is 0 Å². The number of carboxylic acids is 1. The predicted molar refractivity (Wildman–Crippen MR) is 136 cm³/mol. The molecule has 0 N–H and O–H groups in total. The maximum Gasteiger partial charge on any atom is 0.140 e. The summed E-state index contributed by atoms with van der Waals surface area (Å²) in [6.07, 6.45) is 24.4. The highest BCUT2D eigenvalue weighted by Gasteiger charge is 2.34. The van der Waals surface area contributed by atoms with Crippen LogP contribution in [0.3, 0.4) is 0 Å². The molecule has 0 spiro atoms. The number of allylic oxidation sites excluding steroid dienone is 1. The second-order valence-electron chi connectivity index (χ2n) is 10.7. The molecular formula is C28H55NO3. The van der Waals surface area contributed by atoms with Gasteiger partial charge in [-0.15, -0.1) is 0 Å². The zero-order chi connectivity index (χ0) is 24.1. The Morgan fingerprint density at radius 1 is 0.781 bits per heavy atom. The number of carbonyl (C=O) groups is 1. The van der Waals surface area contributed by atoms with Crippen molar-refractivity contribution in [2.75, 3.05) is 34.3 Å². The van der Waals surface area contributed by atoms with Gasteiger partial charge in [-0.2, -0.15) is 0 Å². The number of hydrogen-bond acceptors (Lipinski definition) is 3. The molecule has 0 bridgehead atoms. The first-order valence-corrected chi connectivity index (χ1v) is 13.6. The van der Waals surface area contributed by atoms with Gasteiger partial charge in [0.25, 0.3) is 0 Å². The fourth-order valence-electron chi connectivity index (χ4n) is 4.39. The van der Waals surface area contributed by atoms with Crippen LogP contribution in [-0.4, -0.2) is 50.3 Å². The Morgan fingerprint density at radius 2 is 1.25 bits per heavy atom. The Labute approximate surface area is 200 Å². The molecule has 0 aromatic heterocycles. The van der Waals surface area contributed by atoms with E-state index in [-0.39, 0.29) is 6.42 Å². The van der Waals surface area contributed by atoms with E-state index in [4.69, 9.17) is 4.74 Å². The summed E-state index contributed by atoms with van der Waals surface area (Å²) in [5.74, 6) is -1.04. The SMILES string of the molecule is CCCCCCCCCCCCCCC=CC(CC(=O)[O-])(C[N+](C)(C)C)OCCCCC. The van der Waals surface area contributed by atoms with Crippen molar-refractivity contribution in [3.05, 3.63) is 12.2 Å². The van der Waals surface area contributed by atoms with Crippen LogP contribution in [0.2, 0.25) is 0 Å². The summed E-state index contributed by atoms with van der Waals surface area (Å²) in [5, 5.41) is 11.5. The van der Waals surface area contributed by atoms with Gasteiger partial charge >= 0.3 is 0 Å². The Bertz CT molecular complexity index is 470. The standard InChI is InChI=1S/C28H55NO3/c1-6-8-10-11-12-13-14-15-16-17-18-19-20-21-23-28(25-27(30)31,26-29(3,4)5)32-24-22-9-7-2/h21,23H,6-20,22,24-26H2,1-5H3. The molecule has 0 aromatic carbocycles. The molecule has 0 saturated heterocycles. The summed E-state index contributed by atoms with van der Waals surface area (Å²) in [6, 6.07) is 0. The molecule has 0 heterocycles. The molecule has 0 aliphatic heterocycles. The summed E-state index contributed by atoms with van der Waals surface area (Å²) in [5.41, 5.74) is -0.776. The lowest BCUT2D eigenvalue weighted by Crippen LogP contribution is -2.52. The van der Waals surface area contributed by atoms with Gasteiger partial charge in [0.05, 0.1) is 21.1 Å². The molecule has 0 amide bonds. The van der Waals surface area contributed by atoms with Crippen LogP contribution in [0.4, 0.5) is 0 Å². The highest BCUT2D eigenvalue weighted by molar-refractivity contribution is 5.66. The minimum atomic E-state index is -1.04. The molecular weight excluding hydrogens is 398 g/mol. The van der Waals surface area contributed by atoms with E-state index < -0.39 is 11.6 Å². The number of hydrogen-bond donors (Lipinski definition) is 0. The predicted octanol–water partition coefficient (Wildman–Crippen LogP) is 6.43. The maximum absolute atomic E-state index is 11.5. The van der Waals surface area contributed by atoms with Crippen molar-refractivity contribution in [3.8, 4) is 0 Å². The summed E-state index contributed by atoms with van der Waals surface area (Å²) >= 11 is 0. The maximum atomic E-state index is 11.5. The van der Waals surface area contributed by atoms with Crippen LogP contribution in [0.15, 0.2) is 12.2 Å². The number of aliphatic carboxylic acids is 1. The van der Waals surface area contributed by atoms with Gasteiger partial charge in [0.15, 0.2) is 0 Å². The van der Waals surface area contributed by atoms with E-state index in [2.05, 4.69) is 41.1 Å². The van der Waals surface area contributed by atoms with E-state index in [1.807, 2.05) is 6.08 Å². The van der Waals surface area contributed by atoms with Gasteiger partial charge in [-0.05, 0) is 19.3 Å². The number of carbonyl (C=O) groups excluding carboxylic acids is 1. The van der Waals surface area contributed by atoms with Crippen LogP contribution in [0, 0.1) is 0 Å². The lowest BCUT2D eigenvalue weighted by molar-refractivity contribution is -0.876. The van der Waals surface area contributed by atoms with Crippen LogP contribution < -0.4 is 5.11 Å². The fraction of sp³-hybridized carbons (Fsp3) is 0.893. The van der Waals surface area contributed by atoms with Gasteiger partial charge in [0.1, 0.15) is 12.1 Å². The third-order valence-electron chi connectivity index (χ3n) is 5.97. The van der Waals surface area contributed by atoms with Gasteiger partial charge in [0.2, 0.25) is 0 Å². The summed E-state index contributed by atoms with van der Waals surface area (Å²) in [6.45, 7) is 5.66. The van der Waals surface area contributed by atoms with Crippen molar-refractivity contribution in [2.45, 2.75) is 129 Å². The fourth-order valence-corrected chi connectivity index (χ4v) is 4.39. The van der Waals surface area contributed by atoms with Gasteiger partial charge in [-0.25, -0.2) is 0 Å². The monoisotopic (exact) mass is 453 g/mol. The minimum absolute atomic E-state index is 0.0798. The minimum Gasteiger partial charge on any atom is -0.550 e. The smallest absolute Gasteiger partial charge is 0.140 e. The molecule has 0 aliphatic rings. The zero-order valence-corrected chi connectivity index (χ0v) is 22.3. The second kappa shape index (κ2) is 19.6. The molecule has 4 heteroatoms. The van der Waals surface area contributed by atoms with E-state index in [1.165, 1.54) is 70.6 Å². The van der Waals surface area contributed by atoms with Gasteiger partial charge in [-0.1, -0.05) is 109 Å². The summed E-state index contributed by atoms with van der Waals surface area (Å²) < 4.78 is 6.87. The first-order valence-electron chi connectivity index (χ1n) is 13.6. The average molecular weight is 454 g/mol. The third kappa shape index (κ3) is 19.8. The Morgan fingerprint density at radius 3 is 1.72 bits per heavy atom. The van der Waals surface area contributed by atoms with E-state index >= 15 is 0 Å².